The second-order valence-electron chi connectivity index (χ2n) is 7.45. The van der Waals surface area contributed by atoms with Crippen molar-refractivity contribution >= 4 is 11.9 Å². The van der Waals surface area contributed by atoms with Crippen LogP contribution < -0.4 is 20.1 Å². The van der Waals surface area contributed by atoms with E-state index in [1.807, 2.05) is 25.1 Å². The molecule has 2 aliphatic rings. The van der Waals surface area contributed by atoms with Crippen molar-refractivity contribution in [2.45, 2.75) is 32.4 Å². The highest BCUT2D eigenvalue weighted by Gasteiger charge is 2.24. The molecule has 3 rings (SSSR count). The number of aliphatic imine (C=N–C) groups is 1. The minimum atomic E-state index is 0.00617. The molecule has 0 radical (unpaired) electrons. The van der Waals surface area contributed by atoms with Crippen molar-refractivity contribution in [3.8, 4) is 11.5 Å². The zero-order chi connectivity index (χ0) is 20.6. The van der Waals surface area contributed by atoms with E-state index in [9.17, 15) is 4.79 Å². The molecule has 2 fully saturated rings. The molecule has 2 N–H and O–H groups in total. The highest BCUT2D eigenvalue weighted by Crippen LogP contribution is 2.25. The number of piperazine rings is 1. The van der Waals surface area contributed by atoms with Gasteiger partial charge in [-0.1, -0.05) is 0 Å². The van der Waals surface area contributed by atoms with Gasteiger partial charge in [0.05, 0.1) is 14.2 Å². The lowest BCUT2D eigenvalue weighted by molar-refractivity contribution is -0.119. The van der Waals surface area contributed by atoms with Crippen LogP contribution in [0.2, 0.25) is 0 Å². The summed E-state index contributed by atoms with van der Waals surface area (Å²) < 4.78 is 10.9. The van der Waals surface area contributed by atoms with E-state index in [1.54, 1.807) is 14.2 Å². The SMILES string of the molecule is CCNC(=NCC(=O)NC1CC1)N1CCN(Cc2cc(OC)ccc2OC)CC1. The van der Waals surface area contributed by atoms with Crippen LogP contribution in [-0.2, 0) is 11.3 Å². The van der Waals surface area contributed by atoms with E-state index in [1.165, 1.54) is 0 Å². The Morgan fingerprint density at radius 3 is 2.55 bits per heavy atom. The summed E-state index contributed by atoms with van der Waals surface area (Å²) in [6.07, 6.45) is 2.19. The van der Waals surface area contributed by atoms with E-state index in [0.717, 1.165) is 75.1 Å². The van der Waals surface area contributed by atoms with Crippen molar-refractivity contribution < 1.29 is 14.3 Å². The molecule has 0 unspecified atom stereocenters. The number of carbonyl (C=O) groups excluding carboxylic acids is 1. The van der Waals surface area contributed by atoms with Crippen LogP contribution in [0.25, 0.3) is 0 Å². The Balaban J connectivity index is 1.54. The van der Waals surface area contributed by atoms with Gasteiger partial charge in [0.15, 0.2) is 5.96 Å². The van der Waals surface area contributed by atoms with Crippen LogP contribution in [0.5, 0.6) is 11.5 Å². The average molecular weight is 404 g/mol. The maximum absolute atomic E-state index is 12.0. The molecule has 1 aromatic carbocycles. The number of methoxy groups -OCH3 is 2. The summed E-state index contributed by atoms with van der Waals surface area (Å²) in [6, 6.07) is 6.28. The van der Waals surface area contributed by atoms with Gasteiger partial charge in [-0.25, -0.2) is 4.99 Å². The van der Waals surface area contributed by atoms with E-state index < -0.39 is 0 Å². The summed E-state index contributed by atoms with van der Waals surface area (Å²) in [5.74, 6) is 2.54. The predicted octanol–water partition coefficient (Wildman–Crippen LogP) is 1.07. The highest BCUT2D eigenvalue weighted by atomic mass is 16.5. The van der Waals surface area contributed by atoms with Gasteiger partial charge in [-0.2, -0.15) is 0 Å². The molecule has 8 nitrogen and oxygen atoms in total. The quantitative estimate of drug-likeness (QED) is 0.499. The fourth-order valence-corrected chi connectivity index (χ4v) is 3.44. The molecule has 1 aromatic rings. The van der Waals surface area contributed by atoms with Gasteiger partial charge < -0.3 is 25.0 Å². The summed E-state index contributed by atoms with van der Waals surface area (Å²) in [7, 11) is 3.37. The molecular weight excluding hydrogens is 370 g/mol. The maximum atomic E-state index is 12.0. The fraction of sp³-hybridized carbons (Fsp3) is 0.619. The zero-order valence-electron chi connectivity index (χ0n) is 17.7. The van der Waals surface area contributed by atoms with Crippen molar-refractivity contribution in [3.05, 3.63) is 23.8 Å². The van der Waals surface area contributed by atoms with Crippen molar-refractivity contribution in [1.82, 2.24) is 20.4 Å². The van der Waals surface area contributed by atoms with Crippen LogP contribution in [0.3, 0.4) is 0 Å². The first-order valence-electron chi connectivity index (χ1n) is 10.4. The molecule has 1 heterocycles. The van der Waals surface area contributed by atoms with Crippen LogP contribution in [-0.4, -0.2) is 81.2 Å². The summed E-state index contributed by atoms with van der Waals surface area (Å²) in [5, 5.41) is 6.30. The molecule has 0 atom stereocenters. The molecule has 1 aliphatic heterocycles. The molecular formula is C21H33N5O3. The van der Waals surface area contributed by atoms with Gasteiger partial charge in [0.25, 0.3) is 0 Å². The van der Waals surface area contributed by atoms with E-state index in [4.69, 9.17) is 9.47 Å². The van der Waals surface area contributed by atoms with Gasteiger partial charge in [-0.3, -0.25) is 9.69 Å². The first kappa shape index (κ1) is 21.2. The molecule has 1 aliphatic carbocycles. The highest BCUT2D eigenvalue weighted by molar-refractivity contribution is 5.85. The average Bonchev–Trinajstić information content (AvgIpc) is 3.55. The molecule has 160 valence electrons. The van der Waals surface area contributed by atoms with E-state index in [2.05, 4.69) is 25.4 Å². The second kappa shape index (κ2) is 10.3. The third-order valence-electron chi connectivity index (χ3n) is 5.20. The number of guanidine groups is 1. The van der Waals surface area contributed by atoms with Crippen molar-refractivity contribution in [3.63, 3.8) is 0 Å². The third-order valence-corrected chi connectivity index (χ3v) is 5.20. The standard InChI is InChI=1S/C21H33N5O3/c1-4-22-21(23-14-20(27)24-17-5-6-17)26-11-9-25(10-12-26)15-16-13-18(28-2)7-8-19(16)29-3/h7-8,13,17H,4-6,9-12,14-15H2,1-3H3,(H,22,23)(H,24,27). The van der Waals surface area contributed by atoms with Gasteiger partial charge >= 0.3 is 0 Å². The number of benzene rings is 1. The van der Waals surface area contributed by atoms with Gasteiger partial charge in [0, 0.05) is 50.9 Å². The third kappa shape index (κ3) is 6.25. The number of nitrogens with zero attached hydrogens (tertiary/aromatic N) is 3. The Labute approximate surface area is 173 Å². The fourth-order valence-electron chi connectivity index (χ4n) is 3.44. The minimum absolute atomic E-state index is 0.00617. The van der Waals surface area contributed by atoms with Crippen molar-refractivity contribution in [1.29, 1.82) is 0 Å². The molecule has 1 saturated heterocycles. The number of carbonyl (C=O) groups is 1. The topological polar surface area (TPSA) is 78.4 Å². The lowest BCUT2D eigenvalue weighted by Gasteiger charge is -2.36. The van der Waals surface area contributed by atoms with Crippen molar-refractivity contribution in [2.24, 2.45) is 4.99 Å². The predicted molar refractivity (Wildman–Crippen MR) is 114 cm³/mol. The van der Waals surface area contributed by atoms with Gasteiger partial charge in [-0.05, 0) is 38.0 Å². The normalized spacial score (nSPS) is 17.8. The van der Waals surface area contributed by atoms with Gasteiger partial charge in [-0.15, -0.1) is 0 Å². The smallest absolute Gasteiger partial charge is 0.242 e. The Kier molecular flexibility index (Phi) is 7.57. The second-order valence-corrected chi connectivity index (χ2v) is 7.45. The Hall–Kier alpha value is -2.48. The first-order valence-corrected chi connectivity index (χ1v) is 10.4. The molecule has 0 aromatic heterocycles. The number of rotatable bonds is 8. The van der Waals surface area contributed by atoms with Crippen LogP contribution in [0, 0.1) is 0 Å². The van der Waals surface area contributed by atoms with Gasteiger partial charge in [0.2, 0.25) is 5.91 Å². The summed E-state index contributed by atoms with van der Waals surface area (Å²) >= 11 is 0. The molecule has 0 bridgehead atoms. The number of amides is 1. The van der Waals surface area contributed by atoms with Crippen molar-refractivity contribution in [2.75, 3.05) is 53.5 Å². The number of hydrogen-bond acceptors (Lipinski definition) is 5. The zero-order valence-corrected chi connectivity index (χ0v) is 17.7. The van der Waals surface area contributed by atoms with Crippen LogP contribution in [0.1, 0.15) is 25.3 Å². The number of hydrogen-bond donors (Lipinski definition) is 2. The Morgan fingerprint density at radius 1 is 1.17 bits per heavy atom. The van der Waals surface area contributed by atoms with E-state index >= 15 is 0 Å². The molecule has 8 heteroatoms. The molecule has 1 saturated carbocycles. The lowest BCUT2D eigenvalue weighted by atomic mass is 10.1. The monoisotopic (exact) mass is 403 g/mol. The lowest BCUT2D eigenvalue weighted by Crippen LogP contribution is -2.52. The minimum Gasteiger partial charge on any atom is -0.497 e. The molecule has 29 heavy (non-hydrogen) atoms. The largest absolute Gasteiger partial charge is 0.497 e. The van der Waals surface area contributed by atoms with Crippen LogP contribution in [0.4, 0.5) is 0 Å². The van der Waals surface area contributed by atoms with Crippen LogP contribution in [0.15, 0.2) is 23.2 Å². The summed E-state index contributed by atoms with van der Waals surface area (Å²) in [5.41, 5.74) is 1.12. The van der Waals surface area contributed by atoms with Crippen LogP contribution >= 0.6 is 0 Å². The summed E-state index contributed by atoms with van der Waals surface area (Å²) in [6.45, 7) is 7.38. The van der Waals surface area contributed by atoms with E-state index in [0.29, 0.717) is 6.04 Å². The van der Waals surface area contributed by atoms with E-state index in [-0.39, 0.29) is 12.5 Å². The maximum Gasteiger partial charge on any atom is 0.242 e. The molecule has 1 amide bonds. The number of ether oxygens (including phenoxy) is 2. The Morgan fingerprint density at radius 2 is 1.93 bits per heavy atom. The summed E-state index contributed by atoms with van der Waals surface area (Å²) in [4.78, 5) is 21.1. The van der Waals surface area contributed by atoms with Gasteiger partial charge in [0.1, 0.15) is 18.0 Å². The first-order chi connectivity index (χ1) is 14.1. The molecule has 0 spiro atoms. The number of nitrogens with one attached hydrogen (secondary N) is 2. The Bertz CT molecular complexity index is 712.